The van der Waals surface area contributed by atoms with Crippen LogP contribution in [-0.4, -0.2) is 15.9 Å². The molecule has 0 amide bonds. The van der Waals surface area contributed by atoms with Crippen LogP contribution >= 0.6 is 22.9 Å². The van der Waals surface area contributed by atoms with Gasteiger partial charge in [-0.3, -0.25) is 4.79 Å². The number of aromatic nitrogens is 2. The number of nitrogens with zero attached hydrogens (tertiary/aromatic N) is 3. The summed E-state index contributed by atoms with van der Waals surface area (Å²) < 4.78 is 4.89. The molecule has 3 rings (SSSR count). The lowest BCUT2D eigenvalue weighted by atomic mass is 10.0. The molecule has 0 radical (unpaired) electrons. The van der Waals surface area contributed by atoms with Gasteiger partial charge >= 0.3 is 0 Å². The number of ketones is 1. The SMILES string of the molecule is Cc1cc(C(=O)[C@@H](C#N)c2nc(-c3ccc(Cl)cc3)cs2)no1. The largest absolute Gasteiger partial charge is 0.361 e. The maximum atomic E-state index is 12.4. The Morgan fingerprint density at radius 3 is 2.74 bits per heavy atom. The van der Waals surface area contributed by atoms with Gasteiger partial charge in [-0.15, -0.1) is 11.3 Å². The first-order valence-electron chi connectivity index (χ1n) is 6.67. The summed E-state index contributed by atoms with van der Waals surface area (Å²) >= 11 is 7.13. The molecule has 0 saturated heterocycles. The number of thiazole rings is 1. The standard InChI is InChI=1S/C16H10ClN3O2S/c1-9-6-13(20-22-9)15(21)12(7-18)16-19-14(8-23-16)10-2-4-11(17)5-3-10/h2-6,8,12H,1H3/t12-/m1/s1. The second kappa shape index (κ2) is 6.32. The molecule has 2 heterocycles. The quantitative estimate of drug-likeness (QED) is 0.661. The second-order valence-corrected chi connectivity index (χ2v) is 6.15. The molecule has 0 aliphatic rings. The second-order valence-electron chi connectivity index (χ2n) is 4.83. The van der Waals surface area contributed by atoms with Crippen molar-refractivity contribution >= 4 is 28.7 Å². The molecule has 0 spiro atoms. The van der Waals surface area contributed by atoms with Crippen molar-refractivity contribution in [2.24, 2.45) is 0 Å². The number of hydrogen-bond donors (Lipinski definition) is 0. The number of aryl methyl sites for hydroxylation is 1. The Balaban J connectivity index is 1.90. The summed E-state index contributed by atoms with van der Waals surface area (Å²) in [6, 6.07) is 10.7. The summed E-state index contributed by atoms with van der Waals surface area (Å²) in [5.74, 6) is -0.891. The summed E-state index contributed by atoms with van der Waals surface area (Å²) in [4.78, 5) is 16.8. The van der Waals surface area contributed by atoms with Crippen LogP contribution in [0, 0.1) is 18.3 Å². The first-order chi connectivity index (χ1) is 11.1. The molecule has 0 saturated carbocycles. The number of hydrogen-bond acceptors (Lipinski definition) is 6. The van der Waals surface area contributed by atoms with Gasteiger partial charge in [0, 0.05) is 22.0 Å². The van der Waals surface area contributed by atoms with E-state index in [0.717, 1.165) is 5.56 Å². The summed E-state index contributed by atoms with van der Waals surface area (Å²) in [5, 5.41) is 15.9. The Morgan fingerprint density at radius 2 is 2.13 bits per heavy atom. The highest BCUT2D eigenvalue weighted by molar-refractivity contribution is 7.10. The lowest BCUT2D eigenvalue weighted by molar-refractivity contribution is 0.0970. The molecule has 0 N–H and O–H groups in total. The van der Waals surface area contributed by atoms with E-state index in [0.29, 0.717) is 21.5 Å². The third kappa shape index (κ3) is 3.16. The first-order valence-corrected chi connectivity index (χ1v) is 7.93. The maximum Gasteiger partial charge on any atom is 0.208 e. The number of carbonyl (C=O) groups excluding carboxylic acids is 1. The van der Waals surface area contributed by atoms with E-state index in [1.54, 1.807) is 19.1 Å². The minimum atomic E-state index is -0.995. The topological polar surface area (TPSA) is 79.8 Å². The number of nitriles is 1. The Labute approximate surface area is 141 Å². The van der Waals surface area contributed by atoms with Crippen LogP contribution in [0.4, 0.5) is 0 Å². The summed E-state index contributed by atoms with van der Waals surface area (Å²) in [6.45, 7) is 1.69. The molecule has 0 aliphatic heterocycles. The molecule has 3 aromatic rings. The molecule has 0 fully saturated rings. The Morgan fingerprint density at radius 1 is 1.39 bits per heavy atom. The average molecular weight is 344 g/mol. The molecule has 1 aromatic carbocycles. The zero-order valence-electron chi connectivity index (χ0n) is 12.0. The van der Waals surface area contributed by atoms with Gasteiger partial charge in [0.25, 0.3) is 0 Å². The smallest absolute Gasteiger partial charge is 0.208 e. The normalized spacial score (nSPS) is 11.9. The summed E-state index contributed by atoms with van der Waals surface area (Å²) in [6.07, 6.45) is 0. The molecule has 0 bridgehead atoms. The number of carbonyl (C=O) groups is 1. The fourth-order valence-electron chi connectivity index (χ4n) is 2.03. The van der Waals surface area contributed by atoms with E-state index in [1.807, 2.05) is 23.6 Å². The van der Waals surface area contributed by atoms with Crippen LogP contribution in [0.25, 0.3) is 11.3 Å². The summed E-state index contributed by atoms with van der Waals surface area (Å²) in [5.41, 5.74) is 1.71. The van der Waals surface area contributed by atoms with Crippen molar-refractivity contribution in [2.75, 3.05) is 0 Å². The van der Waals surface area contributed by atoms with Gasteiger partial charge in [0.2, 0.25) is 5.78 Å². The zero-order chi connectivity index (χ0) is 16.4. The van der Waals surface area contributed by atoms with E-state index in [-0.39, 0.29) is 5.69 Å². The van der Waals surface area contributed by atoms with E-state index in [4.69, 9.17) is 16.1 Å². The van der Waals surface area contributed by atoms with Crippen molar-refractivity contribution < 1.29 is 9.32 Å². The molecular weight excluding hydrogens is 334 g/mol. The Kier molecular flexibility index (Phi) is 4.24. The Hall–Kier alpha value is -2.49. The van der Waals surface area contributed by atoms with Crippen LogP contribution in [0.1, 0.15) is 27.2 Å². The van der Waals surface area contributed by atoms with E-state index in [1.165, 1.54) is 17.4 Å². The molecule has 1 atom stereocenters. The van der Waals surface area contributed by atoms with Gasteiger partial charge in [-0.25, -0.2) is 4.98 Å². The summed E-state index contributed by atoms with van der Waals surface area (Å²) in [7, 11) is 0. The highest BCUT2D eigenvalue weighted by Crippen LogP contribution is 2.29. The van der Waals surface area contributed by atoms with E-state index in [2.05, 4.69) is 10.1 Å². The van der Waals surface area contributed by atoms with Gasteiger partial charge in [0.1, 0.15) is 10.8 Å². The fourth-order valence-corrected chi connectivity index (χ4v) is 3.02. The number of rotatable bonds is 4. The number of benzene rings is 1. The van der Waals surface area contributed by atoms with Crippen LogP contribution in [0.3, 0.4) is 0 Å². The van der Waals surface area contributed by atoms with Gasteiger partial charge in [-0.05, 0) is 19.1 Å². The highest BCUT2D eigenvalue weighted by Gasteiger charge is 2.27. The molecule has 2 aromatic heterocycles. The average Bonchev–Trinajstić information content (AvgIpc) is 3.18. The van der Waals surface area contributed by atoms with Gasteiger partial charge in [0.05, 0.1) is 11.8 Å². The lowest BCUT2D eigenvalue weighted by Crippen LogP contribution is -2.11. The number of halogens is 1. The first kappa shape index (κ1) is 15.4. The van der Waals surface area contributed by atoms with E-state index >= 15 is 0 Å². The Bertz CT molecular complexity index is 893. The van der Waals surface area contributed by atoms with Crippen molar-refractivity contribution in [3.8, 4) is 17.3 Å². The molecule has 7 heteroatoms. The minimum Gasteiger partial charge on any atom is -0.361 e. The monoisotopic (exact) mass is 343 g/mol. The van der Waals surface area contributed by atoms with Gasteiger partial charge in [0.15, 0.2) is 11.6 Å². The number of Topliss-reactive ketones (excluding diaryl/α,β-unsaturated/α-hetero) is 1. The highest BCUT2D eigenvalue weighted by atomic mass is 35.5. The van der Waals surface area contributed by atoms with Crippen molar-refractivity contribution in [1.29, 1.82) is 5.26 Å². The molecule has 0 aliphatic carbocycles. The molecule has 5 nitrogen and oxygen atoms in total. The third-order valence-electron chi connectivity index (χ3n) is 3.18. The van der Waals surface area contributed by atoms with Gasteiger partial charge in [-0.1, -0.05) is 28.9 Å². The van der Waals surface area contributed by atoms with Gasteiger partial charge in [-0.2, -0.15) is 5.26 Å². The van der Waals surface area contributed by atoms with Crippen LogP contribution in [0.5, 0.6) is 0 Å². The zero-order valence-corrected chi connectivity index (χ0v) is 13.6. The maximum absolute atomic E-state index is 12.4. The predicted octanol–water partition coefficient (Wildman–Crippen LogP) is 4.25. The van der Waals surface area contributed by atoms with Crippen LogP contribution in [-0.2, 0) is 0 Å². The van der Waals surface area contributed by atoms with Crippen LogP contribution < -0.4 is 0 Å². The van der Waals surface area contributed by atoms with Crippen molar-refractivity contribution in [2.45, 2.75) is 12.8 Å². The van der Waals surface area contributed by atoms with Crippen molar-refractivity contribution in [1.82, 2.24) is 10.1 Å². The molecule has 114 valence electrons. The third-order valence-corrected chi connectivity index (χ3v) is 4.34. The minimum absolute atomic E-state index is 0.136. The van der Waals surface area contributed by atoms with E-state index < -0.39 is 11.7 Å². The molecule has 23 heavy (non-hydrogen) atoms. The lowest BCUT2D eigenvalue weighted by Gasteiger charge is -2.01. The molecule has 0 unspecified atom stereocenters. The van der Waals surface area contributed by atoms with Crippen LogP contribution in [0.15, 0.2) is 40.2 Å². The molecular formula is C16H10ClN3O2S. The van der Waals surface area contributed by atoms with Crippen LogP contribution in [0.2, 0.25) is 5.02 Å². The van der Waals surface area contributed by atoms with E-state index in [9.17, 15) is 10.1 Å². The van der Waals surface area contributed by atoms with Gasteiger partial charge < -0.3 is 4.52 Å². The van der Waals surface area contributed by atoms with Crippen molar-refractivity contribution in [3.63, 3.8) is 0 Å². The van der Waals surface area contributed by atoms with Crippen molar-refractivity contribution in [3.05, 3.63) is 57.2 Å². The fraction of sp³-hybridized carbons (Fsp3) is 0.125. The predicted molar refractivity (Wildman–Crippen MR) is 86.5 cm³/mol.